The summed E-state index contributed by atoms with van der Waals surface area (Å²) in [6.45, 7) is 5.38. The van der Waals surface area contributed by atoms with Gasteiger partial charge in [0.25, 0.3) is 5.91 Å². The molecule has 0 heterocycles. The van der Waals surface area contributed by atoms with Crippen molar-refractivity contribution in [2.24, 2.45) is 0 Å². The van der Waals surface area contributed by atoms with Gasteiger partial charge in [-0.15, -0.1) is 0 Å². The van der Waals surface area contributed by atoms with Gasteiger partial charge < -0.3 is 19.9 Å². The Balaban J connectivity index is 2.45. The predicted molar refractivity (Wildman–Crippen MR) is 82.0 cm³/mol. The number of hydrogen-bond donors (Lipinski definition) is 2. The van der Waals surface area contributed by atoms with E-state index in [1.807, 2.05) is 13.8 Å². The standard InChI is InChI=1S/C16H23NO5/c1-3-21-14(22-4-2)10-7-11-17-15(18)12-8-5-6-9-13(12)16(19)20/h5-6,8-9,14H,3-4,7,10-11H2,1-2H3,(H,17,18)(H,19,20). The van der Waals surface area contributed by atoms with Crippen molar-refractivity contribution >= 4 is 11.9 Å². The van der Waals surface area contributed by atoms with E-state index in [0.29, 0.717) is 32.6 Å². The van der Waals surface area contributed by atoms with Gasteiger partial charge >= 0.3 is 5.97 Å². The van der Waals surface area contributed by atoms with Gasteiger partial charge in [0.1, 0.15) is 0 Å². The molecule has 6 heteroatoms. The van der Waals surface area contributed by atoms with E-state index in [9.17, 15) is 9.59 Å². The first-order chi connectivity index (χ1) is 10.6. The van der Waals surface area contributed by atoms with Gasteiger partial charge in [0.15, 0.2) is 6.29 Å². The lowest BCUT2D eigenvalue weighted by molar-refractivity contribution is -0.139. The topological polar surface area (TPSA) is 84.9 Å². The number of hydrogen-bond acceptors (Lipinski definition) is 4. The molecule has 22 heavy (non-hydrogen) atoms. The van der Waals surface area contributed by atoms with Crippen molar-refractivity contribution < 1.29 is 24.2 Å². The zero-order valence-electron chi connectivity index (χ0n) is 13.0. The van der Waals surface area contributed by atoms with Crippen molar-refractivity contribution in [1.82, 2.24) is 5.32 Å². The second-order valence-corrected chi connectivity index (χ2v) is 4.59. The number of amides is 1. The SMILES string of the molecule is CCOC(CCCNC(=O)c1ccccc1C(=O)O)OCC. The minimum atomic E-state index is -1.11. The lowest BCUT2D eigenvalue weighted by atomic mass is 10.1. The minimum Gasteiger partial charge on any atom is -0.478 e. The van der Waals surface area contributed by atoms with Crippen LogP contribution in [-0.2, 0) is 9.47 Å². The number of ether oxygens (including phenoxy) is 2. The number of carbonyl (C=O) groups is 2. The number of carbonyl (C=O) groups excluding carboxylic acids is 1. The van der Waals surface area contributed by atoms with Crippen LogP contribution < -0.4 is 5.32 Å². The molecule has 0 saturated heterocycles. The highest BCUT2D eigenvalue weighted by molar-refractivity contribution is 6.04. The lowest BCUT2D eigenvalue weighted by Crippen LogP contribution is -2.27. The summed E-state index contributed by atoms with van der Waals surface area (Å²) in [5, 5.41) is 11.8. The molecule has 0 saturated carbocycles. The molecule has 0 bridgehead atoms. The van der Waals surface area contributed by atoms with Crippen molar-refractivity contribution in [2.45, 2.75) is 33.0 Å². The van der Waals surface area contributed by atoms with Gasteiger partial charge in [-0.25, -0.2) is 4.79 Å². The van der Waals surface area contributed by atoms with Crippen molar-refractivity contribution in [2.75, 3.05) is 19.8 Å². The summed E-state index contributed by atoms with van der Waals surface area (Å²) in [6, 6.07) is 6.15. The first-order valence-corrected chi connectivity index (χ1v) is 7.43. The molecule has 0 fully saturated rings. The molecule has 0 aliphatic rings. The Morgan fingerprint density at radius 2 is 1.73 bits per heavy atom. The molecule has 0 aliphatic heterocycles. The van der Waals surface area contributed by atoms with Crippen molar-refractivity contribution in [3.05, 3.63) is 35.4 Å². The molecule has 1 aromatic rings. The van der Waals surface area contributed by atoms with Gasteiger partial charge in [0.2, 0.25) is 0 Å². The fraction of sp³-hybridized carbons (Fsp3) is 0.500. The highest BCUT2D eigenvalue weighted by Crippen LogP contribution is 2.09. The predicted octanol–water partition coefficient (Wildman–Crippen LogP) is 2.29. The molecule has 1 amide bonds. The zero-order chi connectivity index (χ0) is 16.4. The Labute approximate surface area is 130 Å². The number of carboxylic acids is 1. The molecule has 0 unspecified atom stereocenters. The maximum atomic E-state index is 12.0. The molecule has 0 aliphatic carbocycles. The number of nitrogens with one attached hydrogen (secondary N) is 1. The molecular formula is C16H23NO5. The van der Waals surface area contributed by atoms with E-state index in [1.54, 1.807) is 12.1 Å². The minimum absolute atomic E-state index is 0.00140. The number of carboxylic acid groups (broad SMARTS) is 1. The third-order valence-corrected chi connectivity index (χ3v) is 3.01. The fourth-order valence-electron chi connectivity index (χ4n) is 2.02. The number of aromatic carboxylic acids is 1. The smallest absolute Gasteiger partial charge is 0.336 e. The first-order valence-electron chi connectivity index (χ1n) is 7.43. The molecule has 122 valence electrons. The molecule has 1 aromatic carbocycles. The Kier molecular flexibility index (Phi) is 8.17. The molecule has 0 spiro atoms. The monoisotopic (exact) mass is 309 g/mol. The highest BCUT2D eigenvalue weighted by Gasteiger charge is 2.15. The van der Waals surface area contributed by atoms with Crippen LogP contribution in [0, 0.1) is 0 Å². The Morgan fingerprint density at radius 1 is 1.14 bits per heavy atom. The molecule has 6 nitrogen and oxygen atoms in total. The van der Waals surface area contributed by atoms with Crippen LogP contribution in [0.15, 0.2) is 24.3 Å². The summed E-state index contributed by atoms with van der Waals surface area (Å²) in [7, 11) is 0. The van der Waals surface area contributed by atoms with Crippen LogP contribution in [0.4, 0.5) is 0 Å². The second-order valence-electron chi connectivity index (χ2n) is 4.59. The fourth-order valence-corrected chi connectivity index (χ4v) is 2.02. The average molecular weight is 309 g/mol. The van der Waals surface area contributed by atoms with Gasteiger partial charge in [-0.3, -0.25) is 4.79 Å². The summed E-state index contributed by atoms with van der Waals surface area (Å²) in [5.41, 5.74) is 0.169. The van der Waals surface area contributed by atoms with Crippen molar-refractivity contribution in [3.63, 3.8) is 0 Å². The van der Waals surface area contributed by atoms with Gasteiger partial charge in [-0.1, -0.05) is 12.1 Å². The van der Waals surface area contributed by atoms with Crippen molar-refractivity contribution in [1.29, 1.82) is 0 Å². The van der Waals surface area contributed by atoms with Gasteiger partial charge in [0.05, 0.1) is 11.1 Å². The largest absolute Gasteiger partial charge is 0.478 e. The first kappa shape index (κ1) is 18.1. The van der Waals surface area contributed by atoms with Crippen LogP contribution in [-0.4, -0.2) is 43.0 Å². The second kappa shape index (κ2) is 9.92. The maximum absolute atomic E-state index is 12.0. The summed E-state index contributed by atoms with van der Waals surface area (Å²) in [6.07, 6.45) is 1.09. The number of rotatable bonds is 10. The zero-order valence-corrected chi connectivity index (χ0v) is 13.0. The molecule has 1 rings (SSSR count). The molecular weight excluding hydrogens is 286 g/mol. The summed E-state index contributed by atoms with van der Waals surface area (Å²) >= 11 is 0. The van der Waals surface area contributed by atoms with Gasteiger partial charge in [-0.2, -0.15) is 0 Å². The van der Waals surface area contributed by atoms with Crippen LogP contribution >= 0.6 is 0 Å². The van der Waals surface area contributed by atoms with Gasteiger partial charge in [-0.05, 0) is 32.4 Å². The van der Waals surface area contributed by atoms with E-state index in [0.717, 1.165) is 0 Å². The average Bonchev–Trinajstić information content (AvgIpc) is 2.51. The third kappa shape index (κ3) is 5.83. The molecule has 0 aromatic heterocycles. The van der Waals surface area contributed by atoms with Crippen molar-refractivity contribution in [3.8, 4) is 0 Å². The number of benzene rings is 1. The Morgan fingerprint density at radius 3 is 2.27 bits per heavy atom. The normalized spacial score (nSPS) is 10.7. The third-order valence-electron chi connectivity index (χ3n) is 3.01. The molecule has 0 radical (unpaired) electrons. The van der Waals surface area contributed by atoms with E-state index in [-0.39, 0.29) is 23.3 Å². The van der Waals surface area contributed by atoms with Crippen LogP contribution in [0.25, 0.3) is 0 Å². The van der Waals surface area contributed by atoms with Crippen LogP contribution in [0.5, 0.6) is 0 Å². The lowest BCUT2D eigenvalue weighted by Gasteiger charge is -2.16. The van der Waals surface area contributed by atoms with Crippen LogP contribution in [0.2, 0.25) is 0 Å². The van der Waals surface area contributed by atoms with Crippen LogP contribution in [0.3, 0.4) is 0 Å². The molecule has 2 N–H and O–H groups in total. The van der Waals surface area contributed by atoms with E-state index in [2.05, 4.69) is 5.32 Å². The highest BCUT2D eigenvalue weighted by atomic mass is 16.7. The van der Waals surface area contributed by atoms with Crippen LogP contribution in [0.1, 0.15) is 47.4 Å². The molecule has 0 atom stereocenters. The quantitative estimate of drug-likeness (QED) is 0.512. The van der Waals surface area contributed by atoms with E-state index >= 15 is 0 Å². The Hall–Kier alpha value is -1.92. The van der Waals surface area contributed by atoms with E-state index in [4.69, 9.17) is 14.6 Å². The summed E-state index contributed by atoms with van der Waals surface area (Å²) in [5.74, 6) is -1.50. The Bertz CT molecular complexity index is 483. The van der Waals surface area contributed by atoms with Gasteiger partial charge in [0, 0.05) is 26.2 Å². The summed E-state index contributed by atoms with van der Waals surface area (Å²) < 4.78 is 10.8. The maximum Gasteiger partial charge on any atom is 0.336 e. The van der Waals surface area contributed by atoms with E-state index in [1.165, 1.54) is 12.1 Å². The summed E-state index contributed by atoms with van der Waals surface area (Å²) in [4.78, 5) is 23.1. The van der Waals surface area contributed by atoms with E-state index < -0.39 is 5.97 Å².